The van der Waals surface area contributed by atoms with E-state index < -0.39 is 11.7 Å². The van der Waals surface area contributed by atoms with Gasteiger partial charge in [0, 0.05) is 24.7 Å². The zero-order valence-corrected chi connectivity index (χ0v) is 15.5. The number of halogens is 1. The molecule has 1 aromatic carbocycles. The molecule has 1 atom stereocenters. The van der Waals surface area contributed by atoms with Gasteiger partial charge in [-0.2, -0.15) is 0 Å². The zero-order chi connectivity index (χ0) is 18.2. The van der Waals surface area contributed by atoms with Crippen LogP contribution in [0.2, 0.25) is 0 Å². The molecule has 0 fully saturated rings. The van der Waals surface area contributed by atoms with Crippen molar-refractivity contribution in [3.63, 3.8) is 0 Å². The predicted molar refractivity (Wildman–Crippen MR) is 95.5 cm³/mol. The maximum Gasteiger partial charge on any atom is 0.407 e. The average Bonchev–Trinajstić information content (AvgIpc) is 2.48. The first-order chi connectivity index (χ1) is 11.2. The molecule has 0 radical (unpaired) electrons. The van der Waals surface area contributed by atoms with Crippen molar-refractivity contribution in [1.82, 2.24) is 10.6 Å². The van der Waals surface area contributed by atoms with Crippen LogP contribution in [0.1, 0.15) is 58.1 Å². The van der Waals surface area contributed by atoms with E-state index in [9.17, 15) is 9.18 Å². The summed E-state index contributed by atoms with van der Waals surface area (Å²) in [7, 11) is 0. The highest BCUT2D eigenvalue weighted by molar-refractivity contribution is 5.67. The lowest BCUT2D eigenvalue weighted by atomic mass is 10.1. The lowest BCUT2D eigenvalue weighted by Gasteiger charge is -2.23. The summed E-state index contributed by atoms with van der Waals surface area (Å²) in [4.78, 5) is 11.8. The van der Waals surface area contributed by atoms with Gasteiger partial charge < -0.3 is 15.4 Å². The van der Waals surface area contributed by atoms with E-state index in [1.54, 1.807) is 6.07 Å². The number of carbonyl (C=O) groups is 1. The van der Waals surface area contributed by atoms with Crippen molar-refractivity contribution in [3.05, 3.63) is 35.1 Å². The Labute approximate surface area is 145 Å². The van der Waals surface area contributed by atoms with E-state index in [2.05, 4.69) is 17.6 Å². The molecular formula is C19H31FN2O2. The van der Waals surface area contributed by atoms with Gasteiger partial charge in [0.25, 0.3) is 0 Å². The summed E-state index contributed by atoms with van der Waals surface area (Å²) in [6.45, 7) is 10.5. The summed E-state index contributed by atoms with van der Waals surface area (Å²) in [5, 5.41) is 6.14. The van der Waals surface area contributed by atoms with Crippen LogP contribution in [0.5, 0.6) is 0 Å². The Morgan fingerprint density at radius 1 is 1.33 bits per heavy atom. The van der Waals surface area contributed by atoms with Crippen LogP contribution in [0.4, 0.5) is 9.18 Å². The SMILES string of the molecule is CCCCC(CNC(=O)OC(C)(C)C)NCc1cc(C)ccc1F. The Bertz CT molecular complexity index is 527. The second kappa shape index (κ2) is 9.62. The molecule has 1 amide bonds. The normalized spacial score (nSPS) is 12.8. The van der Waals surface area contributed by atoms with Crippen molar-refractivity contribution >= 4 is 6.09 Å². The first-order valence-electron chi connectivity index (χ1n) is 8.66. The molecule has 0 spiro atoms. The third kappa shape index (κ3) is 8.29. The Kier molecular flexibility index (Phi) is 8.19. The standard InChI is InChI=1S/C19H31FN2O2/c1-6-7-8-16(13-22-18(23)24-19(3,4)5)21-12-15-11-14(2)9-10-17(15)20/h9-11,16,21H,6-8,12-13H2,1-5H3,(H,22,23). The van der Waals surface area contributed by atoms with E-state index in [-0.39, 0.29) is 11.9 Å². The van der Waals surface area contributed by atoms with Crippen molar-refractivity contribution in [1.29, 1.82) is 0 Å². The highest BCUT2D eigenvalue weighted by Crippen LogP contribution is 2.11. The predicted octanol–water partition coefficient (Wildman–Crippen LogP) is 4.31. The number of amides is 1. The fourth-order valence-electron chi connectivity index (χ4n) is 2.34. The molecule has 2 N–H and O–H groups in total. The fraction of sp³-hybridized carbons (Fsp3) is 0.632. The van der Waals surface area contributed by atoms with Crippen LogP contribution in [0.25, 0.3) is 0 Å². The number of carbonyl (C=O) groups excluding carboxylic acids is 1. The van der Waals surface area contributed by atoms with E-state index >= 15 is 0 Å². The number of benzene rings is 1. The number of alkyl carbamates (subject to hydrolysis) is 1. The van der Waals surface area contributed by atoms with Gasteiger partial charge >= 0.3 is 6.09 Å². The molecule has 0 aliphatic rings. The molecule has 1 aromatic rings. The number of hydrogen-bond acceptors (Lipinski definition) is 3. The minimum Gasteiger partial charge on any atom is -0.444 e. The first-order valence-corrected chi connectivity index (χ1v) is 8.66. The quantitative estimate of drug-likeness (QED) is 0.743. The van der Waals surface area contributed by atoms with E-state index in [1.807, 2.05) is 33.8 Å². The minimum atomic E-state index is -0.513. The van der Waals surface area contributed by atoms with Crippen LogP contribution >= 0.6 is 0 Å². The maximum atomic E-state index is 13.8. The average molecular weight is 338 g/mol. The Balaban J connectivity index is 2.55. The van der Waals surface area contributed by atoms with E-state index in [0.29, 0.717) is 18.7 Å². The Hall–Kier alpha value is -1.62. The molecule has 1 unspecified atom stereocenters. The monoisotopic (exact) mass is 338 g/mol. The summed E-state index contributed by atoms with van der Waals surface area (Å²) in [5.41, 5.74) is 1.17. The molecule has 24 heavy (non-hydrogen) atoms. The van der Waals surface area contributed by atoms with Gasteiger partial charge in [0.15, 0.2) is 0 Å². The molecule has 136 valence electrons. The maximum absolute atomic E-state index is 13.8. The second-order valence-corrected chi connectivity index (χ2v) is 7.20. The van der Waals surface area contributed by atoms with E-state index in [0.717, 1.165) is 24.8 Å². The van der Waals surface area contributed by atoms with Gasteiger partial charge in [-0.3, -0.25) is 0 Å². The summed E-state index contributed by atoms with van der Waals surface area (Å²) >= 11 is 0. The summed E-state index contributed by atoms with van der Waals surface area (Å²) in [5.74, 6) is -0.206. The van der Waals surface area contributed by atoms with Gasteiger partial charge in [-0.05, 0) is 40.2 Å². The van der Waals surface area contributed by atoms with Crippen molar-refractivity contribution in [2.45, 2.75) is 72.1 Å². The largest absolute Gasteiger partial charge is 0.444 e. The third-order valence-electron chi connectivity index (χ3n) is 3.58. The van der Waals surface area contributed by atoms with Gasteiger partial charge in [0.2, 0.25) is 0 Å². The molecule has 0 heterocycles. The van der Waals surface area contributed by atoms with Crippen LogP contribution in [0.15, 0.2) is 18.2 Å². The van der Waals surface area contributed by atoms with Gasteiger partial charge in [-0.25, -0.2) is 9.18 Å². The second-order valence-electron chi connectivity index (χ2n) is 7.20. The highest BCUT2D eigenvalue weighted by atomic mass is 19.1. The summed E-state index contributed by atoms with van der Waals surface area (Å²) in [6, 6.07) is 5.18. The number of nitrogens with one attached hydrogen (secondary N) is 2. The Morgan fingerprint density at radius 2 is 2.04 bits per heavy atom. The van der Waals surface area contributed by atoms with Crippen molar-refractivity contribution in [2.24, 2.45) is 0 Å². The summed E-state index contributed by atoms with van der Waals surface area (Å²) in [6.07, 6.45) is 2.61. The first kappa shape index (κ1) is 20.4. The zero-order valence-electron chi connectivity index (χ0n) is 15.5. The van der Waals surface area contributed by atoms with Crippen LogP contribution in [-0.4, -0.2) is 24.3 Å². The van der Waals surface area contributed by atoms with Gasteiger partial charge in [-0.15, -0.1) is 0 Å². The fourth-order valence-corrected chi connectivity index (χ4v) is 2.34. The van der Waals surface area contributed by atoms with Crippen molar-refractivity contribution < 1.29 is 13.9 Å². The molecule has 0 aliphatic heterocycles. The smallest absolute Gasteiger partial charge is 0.407 e. The molecule has 0 aromatic heterocycles. The van der Waals surface area contributed by atoms with Gasteiger partial charge in [0.1, 0.15) is 11.4 Å². The molecule has 0 bridgehead atoms. The van der Waals surface area contributed by atoms with Crippen LogP contribution in [0.3, 0.4) is 0 Å². The number of ether oxygens (including phenoxy) is 1. The van der Waals surface area contributed by atoms with Crippen molar-refractivity contribution in [2.75, 3.05) is 6.54 Å². The molecule has 0 saturated heterocycles. The van der Waals surface area contributed by atoms with Crippen LogP contribution < -0.4 is 10.6 Å². The molecule has 5 heteroatoms. The van der Waals surface area contributed by atoms with Crippen LogP contribution in [0, 0.1) is 12.7 Å². The summed E-state index contributed by atoms with van der Waals surface area (Å²) < 4.78 is 19.1. The van der Waals surface area contributed by atoms with Crippen molar-refractivity contribution in [3.8, 4) is 0 Å². The molecule has 4 nitrogen and oxygen atoms in total. The number of hydrogen-bond donors (Lipinski definition) is 2. The molecule has 0 aliphatic carbocycles. The number of aryl methyl sites for hydroxylation is 1. The number of unbranched alkanes of at least 4 members (excludes halogenated alkanes) is 1. The molecular weight excluding hydrogens is 307 g/mol. The van der Waals surface area contributed by atoms with Crippen LogP contribution in [-0.2, 0) is 11.3 Å². The highest BCUT2D eigenvalue weighted by Gasteiger charge is 2.17. The van der Waals surface area contributed by atoms with E-state index in [1.165, 1.54) is 6.07 Å². The van der Waals surface area contributed by atoms with Gasteiger partial charge in [0.05, 0.1) is 0 Å². The van der Waals surface area contributed by atoms with E-state index in [4.69, 9.17) is 4.74 Å². The third-order valence-corrected chi connectivity index (χ3v) is 3.58. The molecule has 1 rings (SSSR count). The topological polar surface area (TPSA) is 50.4 Å². The molecule has 0 saturated carbocycles. The number of rotatable bonds is 8. The minimum absolute atomic E-state index is 0.0809. The lowest BCUT2D eigenvalue weighted by molar-refractivity contribution is 0.0521. The Morgan fingerprint density at radius 3 is 2.67 bits per heavy atom. The van der Waals surface area contributed by atoms with Gasteiger partial charge in [-0.1, -0.05) is 37.5 Å². The lowest BCUT2D eigenvalue weighted by Crippen LogP contribution is -2.42.